The number of rotatable bonds is 8. The fraction of sp³-hybridized carbons (Fsp3) is 0.261. The minimum Gasteiger partial charge on any atom is -0.511 e. The molecule has 0 fully saturated rings. The number of carbonyl (C=O) groups is 2. The summed E-state index contributed by atoms with van der Waals surface area (Å²) in [5.74, 6) is -0.0678. The molecule has 7 rings (SSSR count). The Hall–Kier alpha value is -5.62. The number of carbonyl (C=O) groups excluding carboxylic acids is 2. The zero-order valence-electron chi connectivity index (χ0n) is 30.2. The first-order chi connectivity index (χ1) is 24.9. The molecule has 52 heavy (non-hydrogen) atoms. The van der Waals surface area contributed by atoms with Crippen LogP contribution >= 0.6 is 0 Å². The third kappa shape index (κ3) is 7.38. The van der Waals surface area contributed by atoms with Crippen molar-refractivity contribution in [1.29, 1.82) is 0 Å². The first kappa shape index (κ1) is 34.8. The lowest BCUT2D eigenvalue weighted by atomic mass is 9.75. The second kappa shape index (κ2) is 13.8. The Morgan fingerprint density at radius 2 is 0.885 bits per heavy atom. The van der Waals surface area contributed by atoms with Gasteiger partial charge in [-0.25, -0.2) is 0 Å². The second-order valence-corrected chi connectivity index (χ2v) is 15.8. The van der Waals surface area contributed by atoms with Crippen LogP contribution in [-0.2, 0) is 22.4 Å². The summed E-state index contributed by atoms with van der Waals surface area (Å²) in [6.45, 7) is 7.96. The predicted octanol–water partition coefficient (Wildman–Crippen LogP) is 11.0. The molecule has 0 saturated heterocycles. The van der Waals surface area contributed by atoms with Crippen LogP contribution in [0.3, 0.4) is 0 Å². The molecule has 2 aliphatic rings. The molecule has 0 atom stereocenters. The number of benzene rings is 5. The van der Waals surface area contributed by atoms with E-state index in [9.17, 15) is 19.8 Å². The summed E-state index contributed by atoms with van der Waals surface area (Å²) in [5, 5.41) is 26.8. The lowest BCUT2D eigenvalue weighted by Gasteiger charge is -2.30. The monoisotopic (exact) mass is 688 g/mol. The van der Waals surface area contributed by atoms with Crippen molar-refractivity contribution in [3.8, 4) is 0 Å². The van der Waals surface area contributed by atoms with Crippen LogP contribution in [0.25, 0.3) is 21.5 Å². The van der Waals surface area contributed by atoms with Crippen molar-refractivity contribution in [2.24, 2.45) is 20.8 Å². The number of allylic oxidation sites excluding steroid dienone is 4. The fourth-order valence-electron chi connectivity index (χ4n) is 7.77. The van der Waals surface area contributed by atoms with Gasteiger partial charge in [0.1, 0.15) is 11.5 Å². The van der Waals surface area contributed by atoms with Crippen LogP contribution in [-0.4, -0.2) is 33.2 Å². The number of aliphatic hydroxyl groups is 2. The number of Topliss-reactive ketones (excluding diaryl/α,β-unsaturated/α-hetero) is 2. The first-order valence-corrected chi connectivity index (χ1v) is 18.0. The highest BCUT2D eigenvalue weighted by Gasteiger charge is 2.36. The minimum atomic E-state index is -0.335. The molecule has 2 N–H and O–H groups in total. The van der Waals surface area contributed by atoms with E-state index in [1.807, 2.05) is 100 Å². The lowest BCUT2D eigenvalue weighted by molar-refractivity contribution is -0.118. The van der Waals surface area contributed by atoms with Crippen LogP contribution in [0.15, 0.2) is 142 Å². The maximum Gasteiger partial charge on any atom is 0.168 e. The average Bonchev–Trinajstić information content (AvgIpc) is 3.07. The highest BCUT2D eigenvalue weighted by atomic mass is 16.3. The highest BCUT2D eigenvalue weighted by Crippen LogP contribution is 2.39. The van der Waals surface area contributed by atoms with Gasteiger partial charge in [0.25, 0.3) is 0 Å². The number of ketones is 2. The predicted molar refractivity (Wildman–Crippen MR) is 211 cm³/mol. The van der Waals surface area contributed by atoms with Gasteiger partial charge >= 0.3 is 0 Å². The van der Waals surface area contributed by atoms with E-state index in [2.05, 4.69) is 36.4 Å². The van der Waals surface area contributed by atoms with E-state index in [0.717, 1.165) is 32.7 Å². The van der Waals surface area contributed by atoms with Gasteiger partial charge in [-0.1, -0.05) is 113 Å². The molecule has 6 heteroatoms. The molecular weight excluding hydrogens is 645 g/mol. The molecule has 6 nitrogen and oxygen atoms in total. The van der Waals surface area contributed by atoms with Gasteiger partial charge in [-0.3, -0.25) is 19.6 Å². The summed E-state index contributed by atoms with van der Waals surface area (Å²) in [5.41, 5.74) is 4.22. The molecule has 0 aromatic heterocycles. The molecule has 0 amide bonds. The molecule has 0 bridgehead atoms. The molecule has 0 unspecified atom stereocenters. The maximum absolute atomic E-state index is 13.6. The molecule has 0 radical (unpaired) electrons. The quantitative estimate of drug-likeness (QED) is 0.158. The smallest absolute Gasteiger partial charge is 0.168 e. The van der Waals surface area contributed by atoms with Gasteiger partial charge in [-0.2, -0.15) is 0 Å². The summed E-state index contributed by atoms with van der Waals surface area (Å²) in [6.07, 6.45) is 2.18. The average molecular weight is 689 g/mol. The van der Waals surface area contributed by atoms with Crippen molar-refractivity contribution in [1.82, 2.24) is 0 Å². The van der Waals surface area contributed by atoms with Gasteiger partial charge in [0.05, 0.1) is 33.9 Å². The molecule has 5 aromatic rings. The lowest BCUT2D eigenvalue weighted by Crippen LogP contribution is -2.30. The molecule has 262 valence electrons. The van der Waals surface area contributed by atoms with E-state index >= 15 is 0 Å². The summed E-state index contributed by atoms with van der Waals surface area (Å²) >= 11 is 0. The van der Waals surface area contributed by atoms with Crippen molar-refractivity contribution in [2.75, 3.05) is 0 Å². The van der Waals surface area contributed by atoms with Crippen LogP contribution in [0.2, 0.25) is 0 Å². The Morgan fingerprint density at radius 3 is 1.27 bits per heavy atom. The summed E-state index contributed by atoms with van der Waals surface area (Å²) in [4.78, 5) is 37.2. The van der Waals surface area contributed by atoms with Crippen molar-refractivity contribution in [2.45, 2.75) is 66.2 Å². The maximum atomic E-state index is 13.6. The second-order valence-electron chi connectivity index (χ2n) is 15.8. The van der Waals surface area contributed by atoms with Crippen molar-refractivity contribution < 1.29 is 19.8 Å². The standard InChI is InChI=1S/C46H44N2O4/c1-45(2)25-39(49)43(40(50)26-45)37(23-31-15-9-13-29-11-5-7-17-35(29)31)47-33-19-21-34(22-20-33)48-38(44-41(51)27-46(3,4)28-42(44)52)24-32-16-10-14-30-12-6-8-18-36(30)32/h5-22,49,51H,23-28H2,1-4H3. The Bertz CT molecular complexity index is 2180. The SMILES string of the molecule is CC1(C)CC(=O)C(C(Cc2cccc3ccccc23)=Nc2ccc(N=C(Cc3cccc4ccccc34)C3=C(O)CC(C)(C)CC3=O)cc2)=C(O)C1. The highest BCUT2D eigenvalue weighted by molar-refractivity contribution is 6.25. The topological polar surface area (TPSA) is 99.3 Å². The largest absolute Gasteiger partial charge is 0.511 e. The van der Waals surface area contributed by atoms with Crippen LogP contribution in [0, 0.1) is 10.8 Å². The summed E-state index contributed by atoms with van der Waals surface area (Å²) < 4.78 is 0. The summed E-state index contributed by atoms with van der Waals surface area (Å²) in [6, 6.07) is 35.8. The van der Waals surface area contributed by atoms with Crippen molar-refractivity contribution >= 4 is 55.9 Å². The number of nitrogens with zero attached hydrogens (tertiary/aromatic N) is 2. The Labute approximate surface area is 305 Å². The number of aliphatic imine (C=N–C) groups is 2. The molecular formula is C46H44N2O4. The first-order valence-electron chi connectivity index (χ1n) is 18.0. The number of hydrogen-bond acceptors (Lipinski definition) is 6. The molecule has 0 aliphatic heterocycles. The molecule has 0 heterocycles. The van der Waals surface area contributed by atoms with E-state index in [1.54, 1.807) is 0 Å². The Kier molecular flexibility index (Phi) is 9.26. The zero-order chi connectivity index (χ0) is 36.6. The van der Waals surface area contributed by atoms with Crippen LogP contribution in [0.5, 0.6) is 0 Å². The number of fused-ring (bicyclic) bond motifs is 2. The van der Waals surface area contributed by atoms with Crippen molar-refractivity contribution in [3.63, 3.8) is 0 Å². The normalized spacial score (nSPS) is 18.1. The third-order valence-electron chi connectivity index (χ3n) is 10.1. The van der Waals surface area contributed by atoms with Crippen LogP contribution < -0.4 is 0 Å². The van der Waals surface area contributed by atoms with E-state index in [4.69, 9.17) is 9.98 Å². The van der Waals surface area contributed by atoms with Crippen molar-refractivity contribution in [3.05, 3.63) is 143 Å². The molecule has 0 saturated carbocycles. The van der Waals surface area contributed by atoms with Gasteiger partial charge in [0.15, 0.2) is 11.6 Å². The Balaban J connectivity index is 1.29. The Morgan fingerprint density at radius 1 is 0.519 bits per heavy atom. The summed E-state index contributed by atoms with van der Waals surface area (Å²) in [7, 11) is 0. The molecule has 2 aliphatic carbocycles. The van der Waals surface area contributed by atoms with E-state index < -0.39 is 0 Å². The fourth-order valence-corrected chi connectivity index (χ4v) is 7.77. The molecule has 0 spiro atoms. The van der Waals surface area contributed by atoms with Gasteiger partial charge < -0.3 is 10.2 Å². The minimum absolute atomic E-state index is 0.0768. The van der Waals surface area contributed by atoms with E-state index in [1.165, 1.54) is 0 Å². The van der Waals surface area contributed by atoms with Gasteiger partial charge in [-0.05, 0) is 67.8 Å². The van der Waals surface area contributed by atoms with Gasteiger partial charge in [-0.15, -0.1) is 0 Å². The van der Waals surface area contributed by atoms with Gasteiger partial charge in [0, 0.05) is 38.5 Å². The third-order valence-corrected chi connectivity index (χ3v) is 10.1. The van der Waals surface area contributed by atoms with Crippen LogP contribution in [0.1, 0.15) is 64.5 Å². The van der Waals surface area contributed by atoms with E-state index in [-0.39, 0.29) is 33.9 Å². The number of aliphatic hydroxyl groups excluding tert-OH is 2. The van der Waals surface area contributed by atoms with E-state index in [0.29, 0.717) is 72.5 Å². The van der Waals surface area contributed by atoms with Gasteiger partial charge in [0.2, 0.25) is 0 Å². The zero-order valence-corrected chi connectivity index (χ0v) is 30.2. The van der Waals surface area contributed by atoms with Crippen LogP contribution in [0.4, 0.5) is 11.4 Å². The number of hydrogen-bond donors (Lipinski definition) is 2. The molecule has 5 aromatic carbocycles.